The number of aromatic nitrogens is 3. The van der Waals surface area contributed by atoms with Crippen molar-refractivity contribution in [2.75, 3.05) is 20.3 Å². The lowest BCUT2D eigenvalue weighted by atomic mass is 9.92. The van der Waals surface area contributed by atoms with Gasteiger partial charge in [-0.25, -0.2) is 31.9 Å². The SMILES string of the molecule is COC[C@H](c1cnn2cc(CNC3CCC(F)(F)CC3)nc2c1)N1C[C@@H](C(F)F)NC1=O. The first-order chi connectivity index (χ1) is 15.3. The summed E-state index contributed by atoms with van der Waals surface area (Å²) in [5, 5.41) is 9.90. The summed E-state index contributed by atoms with van der Waals surface area (Å²) in [6.45, 7) is 0.392. The summed E-state index contributed by atoms with van der Waals surface area (Å²) >= 11 is 0. The number of ether oxygens (including phenoxy) is 1. The first-order valence-electron chi connectivity index (χ1n) is 10.6. The fourth-order valence-corrected chi connectivity index (χ4v) is 4.22. The summed E-state index contributed by atoms with van der Waals surface area (Å²) in [7, 11) is 1.47. The molecule has 2 aromatic heterocycles. The summed E-state index contributed by atoms with van der Waals surface area (Å²) in [6, 6.07) is -0.649. The first-order valence-corrected chi connectivity index (χ1v) is 10.6. The van der Waals surface area contributed by atoms with Crippen molar-refractivity contribution in [2.24, 2.45) is 0 Å². The fraction of sp³-hybridized carbons (Fsp3) is 0.650. The van der Waals surface area contributed by atoms with Crippen molar-refractivity contribution in [3.05, 3.63) is 29.7 Å². The van der Waals surface area contributed by atoms with E-state index in [0.29, 0.717) is 36.3 Å². The summed E-state index contributed by atoms with van der Waals surface area (Å²) < 4.78 is 59.5. The molecule has 3 heterocycles. The first kappa shape index (κ1) is 22.7. The Morgan fingerprint density at radius 2 is 2.09 bits per heavy atom. The van der Waals surface area contributed by atoms with Gasteiger partial charge in [0.25, 0.3) is 6.43 Å². The van der Waals surface area contributed by atoms with Crippen LogP contribution in [0.5, 0.6) is 0 Å². The number of amides is 2. The fourth-order valence-electron chi connectivity index (χ4n) is 4.22. The van der Waals surface area contributed by atoms with Crippen LogP contribution in [0.15, 0.2) is 18.5 Å². The molecule has 1 saturated carbocycles. The van der Waals surface area contributed by atoms with Gasteiger partial charge in [0.15, 0.2) is 5.65 Å². The smallest absolute Gasteiger partial charge is 0.318 e. The summed E-state index contributed by atoms with van der Waals surface area (Å²) in [4.78, 5) is 18.1. The van der Waals surface area contributed by atoms with Crippen molar-refractivity contribution in [3.8, 4) is 0 Å². The minimum atomic E-state index is -2.66. The molecule has 1 saturated heterocycles. The Bertz CT molecular complexity index is 945. The largest absolute Gasteiger partial charge is 0.382 e. The molecule has 0 aromatic carbocycles. The van der Waals surface area contributed by atoms with E-state index >= 15 is 0 Å². The highest BCUT2D eigenvalue weighted by Gasteiger charge is 2.39. The number of fused-ring (bicyclic) bond motifs is 1. The highest BCUT2D eigenvalue weighted by Crippen LogP contribution is 2.33. The number of urea groups is 1. The van der Waals surface area contributed by atoms with Gasteiger partial charge in [-0.1, -0.05) is 0 Å². The van der Waals surface area contributed by atoms with Gasteiger partial charge in [0.1, 0.15) is 6.04 Å². The van der Waals surface area contributed by atoms with Gasteiger partial charge in [-0.15, -0.1) is 0 Å². The molecular formula is C20H26F4N6O2. The molecule has 2 aromatic rings. The number of nitrogens with zero attached hydrogens (tertiary/aromatic N) is 4. The van der Waals surface area contributed by atoms with E-state index in [-0.39, 0.29) is 32.0 Å². The van der Waals surface area contributed by atoms with E-state index in [1.807, 2.05) is 0 Å². The molecule has 2 N–H and O–H groups in total. The van der Waals surface area contributed by atoms with Crippen LogP contribution >= 0.6 is 0 Å². The van der Waals surface area contributed by atoms with E-state index in [2.05, 4.69) is 20.7 Å². The molecule has 8 nitrogen and oxygen atoms in total. The van der Waals surface area contributed by atoms with Crippen molar-refractivity contribution >= 4 is 11.7 Å². The van der Waals surface area contributed by atoms with Crippen LogP contribution in [0.25, 0.3) is 5.65 Å². The topological polar surface area (TPSA) is 83.8 Å². The van der Waals surface area contributed by atoms with Crippen LogP contribution < -0.4 is 10.6 Å². The number of rotatable bonds is 8. The minimum absolute atomic E-state index is 0.0190. The zero-order valence-electron chi connectivity index (χ0n) is 17.6. The van der Waals surface area contributed by atoms with Crippen molar-refractivity contribution in [2.45, 2.75) is 62.7 Å². The molecule has 1 aliphatic carbocycles. The van der Waals surface area contributed by atoms with Gasteiger partial charge in [0.2, 0.25) is 5.92 Å². The highest BCUT2D eigenvalue weighted by molar-refractivity contribution is 5.77. The minimum Gasteiger partial charge on any atom is -0.382 e. The van der Waals surface area contributed by atoms with Gasteiger partial charge in [0, 0.05) is 44.6 Å². The van der Waals surface area contributed by atoms with Gasteiger partial charge in [-0.3, -0.25) is 0 Å². The second kappa shape index (κ2) is 9.18. The second-order valence-electron chi connectivity index (χ2n) is 8.35. The maximum Gasteiger partial charge on any atom is 0.318 e. The molecule has 2 fully saturated rings. The number of alkyl halides is 4. The summed E-state index contributed by atoms with van der Waals surface area (Å²) in [6.07, 6.45) is 1.24. The van der Waals surface area contributed by atoms with Crippen LogP contribution in [0.4, 0.5) is 22.4 Å². The van der Waals surface area contributed by atoms with E-state index in [0.717, 1.165) is 0 Å². The lowest BCUT2D eigenvalue weighted by Crippen LogP contribution is -2.36. The molecule has 12 heteroatoms. The molecule has 0 radical (unpaired) electrons. The number of imidazole rings is 1. The Kier molecular flexibility index (Phi) is 6.52. The molecule has 176 valence electrons. The maximum atomic E-state index is 13.3. The van der Waals surface area contributed by atoms with E-state index in [1.165, 1.54) is 12.0 Å². The molecule has 1 aliphatic heterocycles. The predicted octanol–water partition coefficient (Wildman–Crippen LogP) is 2.74. The predicted molar refractivity (Wildman–Crippen MR) is 107 cm³/mol. The van der Waals surface area contributed by atoms with E-state index in [1.54, 1.807) is 23.0 Å². The third kappa shape index (κ3) is 4.96. The third-order valence-electron chi connectivity index (χ3n) is 6.03. The van der Waals surface area contributed by atoms with Crippen molar-refractivity contribution in [1.29, 1.82) is 0 Å². The van der Waals surface area contributed by atoms with Crippen LogP contribution in [0.1, 0.15) is 43.0 Å². The molecule has 4 rings (SSSR count). The number of methoxy groups -OCH3 is 1. The Balaban J connectivity index is 1.46. The van der Waals surface area contributed by atoms with Gasteiger partial charge >= 0.3 is 6.03 Å². The van der Waals surface area contributed by atoms with Crippen LogP contribution in [0.2, 0.25) is 0 Å². The zero-order chi connectivity index (χ0) is 22.9. The van der Waals surface area contributed by atoms with Gasteiger partial charge in [0.05, 0.1) is 30.7 Å². The quantitative estimate of drug-likeness (QED) is 0.595. The molecule has 0 bridgehead atoms. The van der Waals surface area contributed by atoms with Crippen LogP contribution in [0, 0.1) is 0 Å². The highest BCUT2D eigenvalue weighted by atomic mass is 19.3. The number of nitrogens with one attached hydrogen (secondary N) is 2. The van der Waals surface area contributed by atoms with E-state index < -0.39 is 30.5 Å². The second-order valence-corrected chi connectivity index (χ2v) is 8.35. The summed E-state index contributed by atoms with van der Waals surface area (Å²) in [5.74, 6) is -2.57. The zero-order valence-corrected chi connectivity index (χ0v) is 17.6. The van der Waals surface area contributed by atoms with E-state index in [4.69, 9.17) is 4.74 Å². The van der Waals surface area contributed by atoms with Gasteiger partial charge in [-0.2, -0.15) is 5.10 Å². The standard InChI is InChI=1S/C20H26F4N6O2/c1-32-11-16(29-10-15(18(21)22)28-19(29)31)12-6-17-27-14(9-30(17)26-7-12)8-25-13-2-4-20(23,24)5-3-13/h6-7,9,13,15-16,18,25H,2-5,8,10-11H2,1H3,(H,28,31)/t15-,16+/m0/s1. The Morgan fingerprint density at radius 3 is 2.75 bits per heavy atom. The average molecular weight is 458 g/mol. The maximum absolute atomic E-state index is 13.3. The Labute approximate surface area is 182 Å². The van der Waals surface area contributed by atoms with Crippen molar-refractivity contribution in [1.82, 2.24) is 30.1 Å². The number of halogens is 4. The van der Waals surface area contributed by atoms with Crippen LogP contribution in [-0.2, 0) is 11.3 Å². The molecule has 0 unspecified atom stereocenters. The third-order valence-corrected chi connectivity index (χ3v) is 6.03. The Hall–Kier alpha value is -2.47. The van der Waals surface area contributed by atoms with Crippen LogP contribution in [-0.4, -0.2) is 70.2 Å². The molecule has 2 atom stereocenters. The molecule has 2 aliphatic rings. The Morgan fingerprint density at radius 1 is 1.34 bits per heavy atom. The summed E-state index contributed by atoms with van der Waals surface area (Å²) in [5.41, 5.74) is 1.84. The molecule has 2 amide bonds. The monoisotopic (exact) mass is 458 g/mol. The van der Waals surface area contributed by atoms with Crippen molar-refractivity contribution in [3.63, 3.8) is 0 Å². The lowest BCUT2D eigenvalue weighted by molar-refractivity contribution is -0.0405. The van der Waals surface area contributed by atoms with Crippen molar-refractivity contribution < 1.29 is 27.1 Å². The van der Waals surface area contributed by atoms with Gasteiger partial charge in [-0.05, 0) is 18.9 Å². The number of hydrogen-bond acceptors (Lipinski definition) is 5. The van der Waals surface area contributed by atoms with Gasteiger partial charge < -0.3 is 20.3 Å². The number of hydrogen-bond donors (Lipinski definition) is 2. The lowest BCUT2D eigenvalue weighted by Gasteiger charge is -2.28. The average Bonchev–Trinajstić information content (AvgIpc) is 3.34. The van der Waals surface area contributed by atoms with Crippen LogP contribution in [0.3, 0.4) is 0 Å². The normalized spacial score (nSPS) is 22.6. The number of carbonyl (C=O) groups excluding carboxylic acids is 1. The van der Waals surface area contributed by atoms with E-state index in [9.17, 15) is 22.4 Å². The molecule has 32 heavy (non-hydrogen) atoms. The number of carbonyl (C=O) groups is 1. The molecule has 0 spiro atoms. The molecular weight excluding hydrogens is 432 g/mol.